The van der Waals surface area contributed by atoms with E-state index in [1.807, 2.05) is 12.1 Å². The van der Waals surface area contributed by atoms with Crippen molar-refractivity contribution in [1.29, 1.82) is 0 Å². The van der Waals surface area contributed by atoms with Gasteiger partial charge in [-0.3, -0.25) is 0 Å². The van der Waals surface area contributed by atoms with Gasteiger partial charge in [-0.25, -0.2) is 13.1 Å². The van der Waals surface area contributed by atoms with E-state index >= 15 is 0 Å². The van der Waals surface area contributed by atoms with E-state index in [1.165, 1.54) is 19.9 Å². The van der Waals surface area contributed by atoms with Gasteiger partial charge in [0.25, 0.3) is 0 Å². The molecule has 1 aliphatic rings. The van der Waals surface area contributed by atoms with Crippen LogP contribution in [0.5, 0.6) is 0 Å². The van der Waals surface area contributed by atoms with Crippen LogP contribution in [0.3, 0.4) is 0 Å². The molecule has 18 heavy (non-hydrogen) atoms. The lowest BCUT2D eigenvalue weighted by molar-refractivity contribution is 0.493. The second-order valence-corrected chi connectivity index (χ2v) is 7.14. The van der Waals surface area contributed by atoms with Crippen LogP contribution in [-0.4, -0.2) is 21.5 Å². The molecule has 0 saturated heterocycles. The fraction of sp³-hybridized carbons (Fsp3) is 0.538. The monoisotopic (exact) mass is 268 g/mol. The molecule has 0 amide bonds. The van der Waals surface area contributed by atoms with Crippen molar-refractivity contribution in [2.24, 2.45) is 5.41 Å². The zero-order valence-electron chi connectivity index (χ0n) is 11.0. The normalized spacial score (nSPS) is 19.3. The van der Waals surface area contributed by atoms with Crippen LogP contribution in [0.2, 0.25) is 0 Å². The standard InChI is InChI=1S/C13H20N2O2S/c1-10(13(2)8-9-13)15-11-4-6-12(7-5-11)18(16,17)14-3/h4-7,10,14-15H,8-9H2,1-3H3. The van der Waals surface area contributed by atoms with Crippen LogP contribution >= 0.6 is 0 Å². The summed E-state index contributed by atoms with van der Waals surface area (Å²) in [4.78, 5) is 0.292. The number of sulfonamides is 1. The highest BCUT2D eigenvalue weighted by Crippen LogP contribution is 2.48. The van der Waals surface area contributed by atoms with Crippen molar-refractivity contribution in [3.8, 4) is 0 Å². The maximum absolute atomic E-state index is 11.6. The van der Waals surface area contributed by atoms with Crippen LogP contribution < -0.4 is 10.0 Å². The van der Waals surface area contributed by atoms with Gasteiger partial charge in [0.05, 0.1) is 4.90 Å². The number of nitrogens with one attached hydrogen (secondary N) is 2. The molecule has 0 heterocycles. The van der Waals surface area contributed by atoms with Crippen molar-refractivity contribution >= 4 is 15.7 Å². The molecule has 1 fully saturated rings. The van der Waals surface area contributed by atoms with E-state index in [-0.39, 0.29) is 0 Å². The first-order valence-corrected chi connectivity index (χ1v) is 7.66. The molecule has 1 aliphatic carbocycles. The molecule has 0 aliphatic heterocycles. The van der Waals surface area contributed by atoms with Gasteiger partial charge in [0.2, 0.25) is 10.0 Å². The molecule has 0 spiro atoms. The Labute approximate surface area is 109 Å². The Bertz CT molecular complexity index is 518. The fourth-order valence-electron chi connectivity index (χ4n) is 1.90. The summed E-state index contributed by atoms with van der Waals surface area (Å²) < 4.78 is 25.4. The molecule has 0 bridgehead atoms. The molecule has 1 atom stereocenters. The van der Waals surface area contributed by atoms with Crippen LogP contribution in [0.4, 0.5) is 5.69 Å². The number of benzene rings is 1. The number of rotatable bonds is 5. The Morgan fingerprint density at radius 2 is 1.78 bits per heavy atom. The molecule has 1 saturated carbocycles. The third kappa shape index (κ3) is 2.67. The van der Waals surface area contributed by atoms with E-state index in [0.29, 0.717) is 16.4 Å². The van der Waals surface area contributed by atoms with Crippen LogP contribution in [-0.2, 0) is 10.0 Å². The maximum Gasteiger partial charge on any atom is 0.240 e. The van der Waals surface area contributed by atoms with Gasteiger partial charge in [0.1, 0.15) is 0 Å². The van der Waals surface area contributed by atoms with E-state index in [9.17, 15) is 8.42 Å². The summed E-state index contributed by atoms with van der Waals surface area (Å²) in [6, 6.07) is 7.27. The Morgan fingerprint density at radius 3 is 2.22 bits per heavy atom. The molecule has 1 unspecified atom stereocenters. The van der Waals surface area contributed by atoms with Crippen molar-refractivity contribution in [1.82, 2.24) is 4.72 Å². The largest absolute Gasteiger partial charge is 0.382 e. The molecule has 2 rings (SSSR count). The highest BCUT2D eigenvalue weighted by Gasteiger charge is 2.42. The van der Waals surface area contributed by atoms with E-state index in [4.69, 9.17) is 0 Å². The van der Waals surface area contributed by atoms with Gasteiger partial charge < -0.3 is 5.32 Å². The predicted molar refractivity (Wildman–Crippen MR) is 73.1 cm³/mol. The fourth-order valence-corrected chi connectivity index (χ4v) is 2.63. The van der Waals surface area contributed by atoms with E-state index in [1.54, 1.807) is 12.1 Å². The molecule has 5 heteroatoms. The minimum absolute atomic E-state index is 0.292. The zero-order valence-corrected chi connectivity index (χ0v) is 11.8. The smallest absolute Gasteiger partial charge is 0.240 e. The Balaban J connectivity index is 2.09. The highest BCUT2D eigenvalue weighted by molar-refractivity contribution is 7.89. The summed E-state index contributed by atoms with van der Waals surface area (Å²) >= 11 is 0. The molecule has 100 valence electrons. The SMILES string of the molecule is CNS(=O)(=O)c1ccc(NC(C)C2(C)CC2)cc1. The predicted octanol–water partition coefficient (Wildman–Crippen LogP) is 2.20. The maximum atomic E-state index is 11.6. The van der Waals surface area contributed by atoms with Crippen molar-refractivity contribution in [3.05, 3.63) is 24.3 Å². The van der Waals surface area contributed by atoms with Gasteiger partial charge in [-0.2, -0.15) is 0 Å². The zero-order chi connectivity index (χ0) is 13.4. The molecule has 4 nitrogen and oxygen atoms in total. The van der Waals surface area contributed by atoms with Crippen LogP contribution in [0, 0.1) is 5.41 Å². The highest BCUT2D eigenvalue weighted by atomic mass is 32.2. The minimum atomic E-state index is -3.34. The number of anilines is 1. The Morgan fingerprint density at radius 1 is 1.22 bits per heavy atom. The summed E-state index contributed by atoms with van der Waals surface area (Å²) in [5, 5.41) is 3.43. The lowest BCUT2D eigenvalue weighted by Crippen LogP contribution is -2.25. The lowest BCUT2D eigenvalue weighted by atomic mass is 10.0. The molecular formula is C13H20N2O2S. The molecule has 1 aromatic carbocycles. The van der Waals surface area contributed by atoms with Crippen LogP contribution in [0.1, 0.15) is 26.7 Å². The second kappa shape index (κ2) is 4.55. The quantitative estimate of drug-likeness (QED) is 0.860. The van der Waals surface area contributed by atoms with E-state index < -0.39 is 10.0 Å². The summed E-state index contributed by atoms with van der Waals surface area (Å²) in [5.74, 6) is 0. The lowest BCUT2D eigenvalue weighted by Gasteiger charge is -2.21. The van der Waals surface area contributed by atoms with Crippen molar-refractivity contribution in [3.63, 3.8) is 0 Å². The number of hydrogen-bond donors (Lipinski definition) is 2. The second-order valence-electron chi connectivity index (χ2n) is 5.25. The summed E-state index contributed by atoms with van der Waals surface area (Å²) in [5.41, 5.74) is 1.36. The Hall–Kier alpha value is -1.07. The van der Waals surface area contributed by atoms with Gasteiger partial charge in [-0.05, 0) is 56.5 Å². The first-order chi connectivity index (χ1) is 8.37. The van der Waals surface area contributed by atoms with E-state index in [2.05, 4.69) is 23.9 Å². The molecule has 0 radical (unpaired) electrons. The first-order valence-electron chi connectivity index (χ1n) is 6.17. The van der Waals surface area contributed by atoms with Crippen LogP contribution in [0.15, 0.2) is 29.2 Å². The molecule has 0 aromatic heterocycles. The van der Waals surface area contributed by atoms with Crippen molar-refractivity contribution < 1.29 is 8.42 Å². The topological polar surface area (TPSA) is 58.2 Å². The minimum Gasteiger partial charge on any atom is -0.382 e. The van der Waals surface area contributed by atoms with Crippen molar-refractivity contribution in [2.75, 3.05) is 12.4 Å². The Kier molecular flexibility index (Phi) is 3.38. The summed E-state index contributed by atoms with van der Waals surface area (Å²) in [6.45, 7) is 4.44. The average Bonchev–Trinajstić information content (AvgIpc) is 3.09. The first kappa shape index (κ1) is 13.4. The third-order valence-corrected chi connectivity index (χ3v) is 5.33. The van der Waals surface area contributed by atoms with Gasteiger partial charge in [0.15, 0.2) is 0 Å². The van der Waals surface area contributed by atoms with Crippen LogP contribution in [0.25, 0.3) is 0 Å². The van der Waals surface area contributed by atoms with Gasteiger partial charge in [-0.15, -0.1) is 0 Å². The van der Waals surface area contributed by atoms with Gasteiger partial charge in [0, 0.05) is 11.7 Å². The summed E-state index contributed by atoms with van der Waals surface area (Å²) in [7, 11) is -1.92. The van der Waals surface area contributed by atoms with Gasteiger partial charge >= 0.3 is 0 Å². The summed E-state index contributed by atoms with van der Waals surface area (Å²) in [6.07, 6.45) is 2.51. The molecule has 2 N–H and O–H groups in total. The molecule has 1 aromatic rings. The third-order valence-electron chi connectivity index (χ3n) is 3.90. The van der Waals surface area contributed by atoms with Crippen molar-refractivity contribution in [2.45, 2.75) is 37.6 Å². The van der Waals surface area contributed by atoms with E-state index in [0.717, 1.165) is 5.69 Å². The molecular weight excluding hydrogens is 248 g/mol. The van der Waals surface area contributed by atoms with Gasteiger partial charge in [-0.1, -0.05) is 6.92 Å². The number of hydrogen-bond acceptors (Lipinski definition) is 3. The average molecular weight is 268 g/mol.